The van der Waals surface area contributed by atoms with Crippen molar-refractivity contribution in [2.45, 2.75) is 108 Å². The van der Waals surface area contributed by atoms with Gasteiger partial charge in [0.25, 0.3) is 0 Å². The van der Waals surface area contributed by atoms with E-state index in [1.54, 1.807) is 0 Å². The fourth-order valence-electron chi connectivity index (χ4n) is 5.05. The van der Waals surface area contributed by atoms with E-state index >= 15 is 0 Å². The summed E-state index contributed by atoms with van der Waals surface area (Å²) in [6.45, 7) is 7.66. The highest BCUT2D eigenvalue weighted by molar-refractivity contribution is 5.68. The lowest BCUT2D eigenvalue weighted by Gasteiger charge is -2.36. The second kappa shape index (κ2) is 13.8. The molecule has 1 aromatic rings. The van der Waals surface area contributed by atoms with Gasteiger partial charge in [0.05, 0.1) is 25.4 Å². The first-order chi connectivity index (χ1) is 17.2. The van der Waals surface area contributed by atoms with E-state index < -0.39 is 11.6 Å². The minimum atomic E-state index is -0.761. The van der Waals surface area contributed by atoms with Crippen molar-refractivity contribution in [3.05, 3.63) is 29.8 Å². The van der Waals surface area contributed by atoms with E-state index in [0.717, 1.165) is 57.2 Å². The lowest BCUT2D eigenvalue weighted by molar-refractivity contribution is -0.137. The molecule has 1 heterocycles. The van der Waals surface area contributed by atoms with Gasteiger partial charge in [-0.25, -0.2) is 4.79 Å². The molecule has 8 nitrogen and oxygen atoms in total. The van der Waals surface area contributed by atoms with Crippen molar-refractivity contribution in [2.24, 2.45) is 0 Å². The topological polar surface area (TPSA) is 106 Å². The van der Waals surface area contributed by atoms with E-state index in [1.165, 1.54) is 5.56 Å². The largest absolute Gasteiger partial charge is 0.493 e. The summed E-state index contributed by atoms with van der Waals surface area (Å²) >= 11 is 0. The number of carboxylic acids is 1. The molecule has 1 aliphatic carbocycles. The minimum Gasteiger partial charge on any atom is -0.493 e. The molecule has 1 amide bonds. The van der Waals surface area contributed by atoms with Gasteiger partial charge in [0, 0.05) is 12.5 Å². The average molecular weight is 505 g/mol. The van der Waals surface area contributed by atoms with E-state index in [0.29, 0.717) is 25.6 Å². The first kappa shape index (κ1) is 28.3. The molecule has 2 atom stereocenters. The smallest absolute Gasteiger partial charge is 0.407 e. The lowest BCUT2D eigenvalue weighted by Crippen LogP contribution is -2.56. The molecule has 8 heteroatoms. The van der Waals surface area contributed by atoms with Crippen LogP contribution in [0, 0.1) is 0 Å². The first-order valence-electron chi connectivity index (χ1n) is 13.5. The van der Waals surface area contributed by atoms with Crippen LogP contribution in [-0.2, 0) is 14.3 Å². The molecular weight excluding hydrogens is 460 g/mol. The normalized spacial score (nSPS) is 24.6. The van der Waals surface area contributed by atoms with Crippen molar-refractivity contribution < 1.29 is 28.9 Å². The molecule has 3 N–H and O–H groups in total. The zero-order valence-electron chi connectivity index (χ0n) is 22.1. The number of piperidine rings is 1. The van der Waals surface area contributed by atoms with Crippen molar-refractivity contribution in [1.29, 1.82) is 0 Å². The van der Waals surface area contributed by atoms with Gasteiger partial charge in [-0.2, -0.15) is 0 Å². The van der Waals surface area contributed by atoms with Gasteiger partial charge in [-0.1, -0.05) is 18.2 Å². The Bertz CT molecular complexity index is 832. The number of carbonyl (C=O) groups is 2. The number of rotatable bonds is 11. The van der Waals surface area contributed by atoms with Crippen LogP contribution in [0.3, 0.4) is 0 Å². The van der Waals surface area contributed by atoms with Gasteiger partial charge in [-0.3, -0.25) is 4.79 Å². The average Bonchev–Trinajstić information content (AvgIpc) is 2.82. The van der Waals surface area contributed by atoms with Crippen LogP contribution < -0.4 is 15.4 Å². The number of carbonyl (C=O) groups excluding carboxylic acids is 1. The van der Waals surface area contributed by atoms with Gasteiger partial charge >= 0.3 is 12.1 Å². The monoisotopic (exact) mass is 504 g/mol. The molecule has 0 unspecified atom stereocenters. The lowest BCUT2D eigenvalue weighted by atomic mass is 9.82. The number of benzene rings is 1. The molecule has 0 bridgehead atoms. The number of alkyl carbamates (subject to hydrolysis) is 1. The van der Waals surface area contributed by atoms with Gasteiger partial charge in [-0.05, 0) is 96.2 Å². The molecule has 2 aliphatic rings. The number of hydrogen-bond acceptors (Lipinski definition) is 6. The molecule has 36 heavy (non-hydrogen) atoms. The van der Waals surface area contributed by atoms with Gasteiger partial charge < -0.3 is 30.0 Å². The summed E-state index contributed by atoms with van der Waals surface area (Å²) in [7, 11) is 0. The molecule has 3 rings (SSSR count). The van der Waals surface area contributed by atoms with Crippen LogP contribution in [0.25, 0.3) is 0 Å². The van der Waals surface area contributed by atoms with Crippen LogP contribution in [0.2, 0.25) is 0 Å². The van der Waals surface area contributed by atoms with Crippen LogP contribution in [-0.4, -0.2) is 60.7 Å². The molecule has 0 radical (unpaired) electrons. The number of aliphatic carboxylic acids is 1. The summed E-state index contributed by atoms with van der Waals surface area (Å²) in [5.74, 6) is 0.595. The number of hydrogen-bond donors (Lipinski definition) is 3. The Morgan fingerprint density at radius 2 is 1.83 bits per heavy atom. The van der Waals surface area contributed by atoms with Crippen LogP contribution in [0.5, 0.6) is 5.75 Å². The van der Waals surface area contributed by atoms with Gasteiger partial charge in [0.15, 0.2) is 0 Å². The molecule has 0 spiro atoms. The van der Waals surface area contributed by atoms with Gasteiger partial charge in [-0.15, -0.1) is 0 Å². The molecule has 202 valence electrons. The highest BCUT2D eigenvalue weighted by Crippen LogP contribution is 2.38. The quantitative estimate of drug-likeness (QED) is 0.364. The Balaban J connectivity index is 1.43. The summed E-state index contributed by atoms with van der Waals surface area (Å²) in [5, 5.41) is 15.3. The fourth-order valence-corrected chi connectivity index (χ4v) is 5.05. The molecule has 0 aromatic heterocycles. The van der Waals surface area contributed by atoms with E-state index in [1.807, 2.05) is 32.9 Å². The van der Waals surface area contributed by atoms with Gasteiger partial charge in [0.2, 0.25) is 0 Å². The number of carboxylic acid groups (broad SMARTS) is 1. The maximum Gasteiger partial charge on any atom is 0.407 e. The fraction of sp³-hybridized carbons (Fsp3) is 0.714. The Hall–Kier alpha value is -2.32. The third kappa shape index (κ3) is 9.62. The Kier molecular flexibility index (Phi) is 10.9. The van der Waals surface area contributed by atoms with Crippen molar-refractivity contribution in [2.75, 3.05) is 19.8 Å². The van der Waals surface area contributed by atoms with Crippen molar-refractivity contribution in [3.63, 3.8) is 0 Å². The van der Waals surface area contributed by atoms with E-state index in [4.69, 9.17) is 19.3 Å². The molecular formula is C28H44N2O6. The van der Waals surface area contributed by atoms with Crippen LogP contribution >= 0.6 is 0 Å². The number of amides is 1. The maximum absolute atomic E-state index is 12.3. The number of para-hydroxylation sites is 1. The number of unbranched alkanes of at least 4 members (excludes halogenated alkanes) is 1. The van der Waals surface area contributed by atoms with Crippen LogP contribution in [0.1, 0.15) is 90.0 Å². The Morgan fingerprint density at radius 1 is 1.08 bits per heavy atom. The summed E-state index contributed by atoms with van der Waals surface area (Å²) < 4.78 is 17.8. The zero-order valence-corrected chi connectivity index (χ0v) is 22.1. The van der Waals surface area contributed by atoms with E-state index in [2.05, 4.69) is 22.8 Å². The summed E-state index contributed by atoms with van der Waals surface area (Å²) in [5.41, 5.74) is 0.727. The van der Waals surface area contributed by atoms with Crippen LogP contribution in [0.4, 0.5) is 4.79 Å². The van der Waals surface area contributed by atoms with E-state index in [9.17, 15) is 9.59 Å². The summed E-state index contributed by atoms with van der Waals surface area (Å²) in [6, 6.07) is 8.30. The first-order valence-corrected chi connectivity index (χ1v) is 13.5. The molecule has 2 fully saturated rings. The molecule has 1 saturated carbocycles. The number of nitrogens with one attached hydrogen (secondary N) is 2. The van der Waals surface area contributed by atoms with Crippen molar-refractivity contribution in [1.82, 2.24) is 10.6 Å². The molecule has 1 saturated heterocycles. The highest BCUT2D eigenvalue weighted by atomic mass is 16.6. The molecule has 1 aliphatic heterocycles. The third-order valence-electron chi connectivity index (χ3n) is 6.87. The summed E-state index contributed by atoms with van der Waals surface area (Å²) in [4.78, 5) is 22.9. The maximum atomic E-state index is 12.3. The highest BCUT2D eigenvalue weighted by Gasteiger charge is 2.30. The SMILES string of the molecule is CC(C)(C)OC(=O)N[C@H]1CCCN[C@H]1CO[C@H]1CC[C@@H](c2ccccc2OCCCCC(=O)O)CC1. The second-order valence-electron chi connectivity index (χ2n) is 11.0. The van der Waals surface area contributed by atoms with Gasteiger partial charge in [0.1, 0.15) is 11.4 Å². The van der Waals surface area contributed by atoms with Crippen molar-refractivity contribution in [3.8, 4) is 5.75 Å². The Labute approximate surface area is 215 Å². The predicted molar refractivity (Wildman–Crippen MR) is 139 cm³/mol. The van der Waals surface area contributed by atoms with Crippen molar-refractivity contribution >= 4 is 12.1 Å². The Morgan fingerprint density at radius 3 is 2.56 bits per heavy atom. The number of ether oxygens (including phenoxy) is 3. The van der Waals surface area contributed by atoms with E-state index in [-0.39, 0.29) is 30.7 Å². The third-order valence-corrected chi connectivity index (χ3v) is 6.87. The summed E-state index contributed by atoms with van der Waals surface area (Å²) in [6.07, 6.45) is 7.41. The second-order valence-corrected chi connectivity index (χ2v) is 11.0. The zero-order chi connectivity index (χ0) is 26.0. The minimum absolute atomic E-state index is 0.00413. The van der Waals surface area contributed by atoms with Crippen LogP contribution in [0.15, 0.2) is 24.3 Å². The predicted octanol–water partition coefficient (Wildman–Crippen LogP) is 5.01. The standard InChI is InChI=1S/C28H44N2O6/c1-28(2,3)36-27(33)30-23-10-8-17-29-24(23)19-35-21-15-13-20(14-16-21)22-9-4-5-11-25(22)34-18-7-6-12-26(31)32/h4-5,9,11,20-21,23-24,29H,6-8,10,12-19H2,1-3H3,(H,30,33)(H,31,32)/t20-,21+,23-,24-/m0/s1. The molecule has 1 aromatic carbocycles.